The Morgan fingerprint density at radius 3 is 2.13 bits per heavy atom. The number of hydrogen-bond acceptors (Lipinski definition) is 5. The Hall–Kier alpha value is -4.33. The number of rotatable bonds is 13. The molecule has 0 spiro atoms. The molecule has 0 aliphatic heterocycles. The van der Waals surface area contributed by atoms with Crippen molar-refractivity contribution in [1.82, 2.24) is 15.5 Å². The third-order valence-corrected chi connectivity index (χ3v) is 7.45. The first kappa shape index (κ1) is 35.2. The van der Waals surface area contributed by atoms with Gasteiger partial charge in [-0.2, -0.15) is 0 Å². The molecular formula is C37H49N3O5. The molecule has 3 rings (SSSR count). The number of carbonyl (C=O) groups excluding carboxylic acids is 3. The normalized spacial score (nSPS) is 13.4. The molecule has 45 heavy (non-hydrogen) atoms. The third kappa shape index (κ3) is 11.3. The Morgan fingerprint density at radius 2 is 1.53 bits per heavy atom. The molecule has 3 aromatic carbocycles. The molecule has 8 heteroatoms. The van der Waals surface area contributed by atoms with Gasteiger partial charge in [0.2, 0.25) is 11.8 Å². The van der Waals surface area contributed by atoms with Crippen molar-refractivity contribution in [1.29, 1.82) is 0 Å². The van der Waals surface area contributed by atoms with Crippen LogP contribution in [-0.4, -0.2) is 45.6 Å². The zero-order valence-electron chi connectivity index (χ0n) is 27.7. The third-order valence-electron chi connectivity index (χ3n) is 7.45. The second kappa shape index (κ2) is 16.1. The molecule has 242 valence electrons. The number of benzene rings is 3. The minimum Gasteiger partial charge on any atom is -0.508 e. The van der Waals surface area contributed by atoms with Crippen LogP contribution in [0.5, 0.6) is 5.75 Å². The van der Waals surface area contributed by atoms with E-state index in [1.54, 1.807) is 49.9 Å². The van der Waals surface area contributed by atoms with Crippen LogP contribution in [0.25, 0.3) is 0 Å². The lowest BCUT2D eigenvalue weighted by Gasteiger charge is -2.39. The molecule has 0 radical (unpaired) electrons. The van der Waals surface area contributed by atoms with Crippen LogP contribution in [0.2, 0.25) is 0 Å². The zero-order valence-corrected chi connectivity index (χ0v) is 27.7. The SMILES string of the molecule is Cc1cccc(C(C(=O)NCc2ccccc2)N(C(=O)C(Cc2ccc(O)cc2)NC(=O)OC(C)(C)C)C(C)CCC(C)C)c1. The Kier molecular flexibility index (Phi) is 12.6. The first-order valence-corrected chi connectivity index (χ1v) is 15.7. The van der Waals surface area contributed by atoms with E-state index >= 15 is 0 Å². The van der Waals surface area contributed by atoms with E-state index < -0.39 is 29.7 Å². The van der Waals surface area contributed by atoms with Gasteiger partial charge in [-0.3, -0.25) is 9.59 Å². The van der Waals surface area contributed by atoms with Crippen LogP contribution in [0.15, 0.2) is 78.9 Å². The minimum atomic E-state index is -1.04. The predicted molar refractivity (Wildman–Crippen MR) is 178 cm³/mol. The average Bonchev–Trinajstić information content (AvgIpc) is 2.97. The zero-order chi connectivity index (χ0) is 33.1. The monoisotopic (exact) mass is 615 g/mol. The van der Waals surface area contributed by atoms with Crippen molar-refractivity contribution in [3.63, 3.8) is 0 Å². The Morgan fingerprint density at radius 1 is 0.867 bits per heavy atom. The van der Waals surface area contributed by atoms with Crippen molar-refractivity contribution < 1.29 is 24.2 Å². The number of amides is 3. The second-order valence-electron chi connectivity index (χ2n) is 13.2. The maximum absolute atomic E-state index is 14.8. The van der Waals surface area contributed by atoms with Crippen molar-refractivity contribution in [2.45, 2.75) is 98.0 Å². The Labute approximate surface area is 268 Å². The minimum absolute atomic E-state index is 0.0975. The molecule has 0 saturated heterocycles. The van der Waals surface area contributed by atoms with Crippen molar-refractivity contribution >= 4 is 17.9 Å². The molecule has 0 heterocycles. The van der Waals surface area contributed by atoms with Gasteiger partial charge in [0.05, 0.1) is 0 Å². The molecule has 3 unspecified atom stereocenters. The first-order chi connectivity index (χ1) is 21.2. The van der Waals surface area contributed by atoms with Crippen LogP contribution < -0.4 is 10.6 Å². The lowest BCUT2D eigenvalue weighted by Crippen LogP contribution is -2.56. The summed E-state index contributed by atoms with van der Waals surface area (Å²) >= 11 is 0. The molecule has 8 nitrogen and oxygen atoms in total. The summed E-state index contributed by atoms with van der Waals surface area (Å²) in [7, 11) is 0. The second-order valence-corrected chi connectivity index (χ2v) is 13.2. The van der Waals surface area contributed by atoms with E-state index in [4.69, 9.17) is 4.74 Å². The predicted octanol–water partition coefficient (Wildman–Crippen LogP) is 6.85. The van der Waals surface area contributed by atoms with Crippen LogP contribution in [0.3, 0.4) is 0 Å². The van der Waals surface area contributed by atoms with Gasteiger partial charge in [0.25, 0.3) is 0 Å². The molecular weight excluding hydrogens is 566 g/mol. The fourth-order valence-electron chi connectivity index (χ4n) is 5.17. The van der Waals surface area contributed by atoms with Gasteiger partial charge in [0.1, 0.15) is 23.4 Å². The number of ether oxygens (including phenoxy) is 1. The van der Waals surface area contributed by atoms with Gasteiger partial charge in [-0.25, -0.2) is 4.79 Å². The molecule has 0 aliphatic carbocycles. The topological polar surface area (TPSA) is 108 Å². The highest BCUT2D eigenvalue weighted by atomic mass is 16.6. The summed E-state index contributed by atoms with van der Waals surface area (Å²) in [5.74, 6) is -0.219. The highest BCUT2D eigenvalue weighted by molar-refractivity contribution is 5.92. The van der Waals surface area contributed by atoms with Crippen LogP contribution in [0.1, 0.15) is 82.7 Å². The Balaban J connectivity index is 2.09. The number of phenolic OH excluding ortho intramolecular Hbond substituents is 1. The fourth-order valence-corrected chi connectivity index (χ4v) is 5.17. The van der Waals surface area contributed by atoms with Crippen molar-refractivity contribution in [3.8, 4) is 5.75 Å². The quantitative estimate of drug-likeness (QED) is 0.195. The average molecular weight is 616 g/mol. The lowest BCUT2D eigenvalue weighted by molar-refractivity contribution is -0.145. The highest BCUT2D eigenvalue weighted by Crippen LogP contribution is 2.29. The van der Waals surface area contributed by atoms with Crippen LogP contribution in [0, 0.1) is 12.8 Å². The maximum atomic E-state index is 14.8. The smallest absolute Gasteiger partial charge is 0.408 e. The summed E-state index contributed by atoms with van der Waals surface area (Å²) < 4.78 is 5.55. The largest absolute Gasteiger partial charge is 0.508 e. The number of aromatic hydroxyl groups is 1. The van der Waals surface area contributed by atoms with Gasteiger partial charge in [-0.1, -0.05) is 86.1 Å². The molecule has 3 N–H and O–H groups in total. The van der Waals surface area contributed by atoms with Crippen LogP contribution >= 0.6 is 0 Å². The maximum Gasteiger partial charge on any atom is 0.408 e. The molecule has 0 aromatic heterocycles. The van der Waals surface area contributed by atoms with E-state index in [0.717, 1.165) is 23.1 Å². The van der Waals surface area contributed by atoms with Gasteiger partial charge in [-0.05, 0) is 82.2 Å². The number of phenols is 1. The van der Waals surface area contributed by atoms with Crippen LogP contribution in [-0.2, 0) is 27.3 Å². The van der Waals surface area contributed by atoms with Crippen molar-refractivity contribution in [2.75, 3.05) is 0 Å². The molecule has 0 fully saturated rings. The molecule has 0 bridgehead atoms. The lowest BCUT2D eigenvalue weighted by atomic mass is 9.95. The van der Waals surface area contributed by atoms with Crippen molar-refractivity contribution in [3.05, 3.63) is 101 Å². The van der Waals surface area contributed by atoms with E-state index in [1.165, 1.54) is 0 Å². The van der Waals surface area contributed by atoms with Gasteiger partial charge >= 0.3 is 6.09 Å². The number of alkyl carbamates (subject to hydrolysis) is 1. The summed E-state index contributed by atoms with van der Waals surface area (Å²) in [5, 5.41) is 15.7. The number of nitrogens with one attached hydrogen (secondary N) is 2. The van der Waals surface area contributed by atoms with E-state index in [2.05, 4.69) is 24.5 Å². The van der Waals surface area contributed by atoms with Gasteiger partial charge in [0, 0.05) is 19.0 Å². The van der Waals surface area contributed by atoms with Gasteiger partial charge in [0.15, 0.2) is 0 Å². The fraction of sp³-hybridized carbons (Fsp3) is 0.432. The van der Waals surface area contributed by atoms with E-state index in [1.807, 2.05) is 68.4 Å². The first-order valence-electron chi connectivity index (χ1n) is 15.7. The molecule has 3 aromatic rings. The van der Waals surface area contributed by atoms with Crippen molar-refractivity contribution in [2.24, 2.45) is 5.92 Å². The summed E-state index contributed by atoms with van der Waals surface area (Å²) in [4.78, 5) is 43.7. The summed E-state index contributed by atoms with van der Waals surface area (Å²) in [6.45, 7) is 13.7. The summed E-state index contributed by atoms with van der Waals surface area (Å²) in [6, 6.07) is 21.4. The number of nitrogens with zero attached hydrogens (tertiary/aromatic N) is 1. The summed E-state index contributed by atoms with van der Waals surface area (Å²) in [5.41, 5.74) is 2.55. The molecule has 0 aliphatic rings. The number of aryl methyl sites for hydroxylation is 1. The highest BCUT2D eigenvalue weighted by Gasteiger charge is 2.39. The van der Waals surface area contributed by atoms with Crippen LogP contribution in [0.4, 0.5) is 4.79 Å². The van der Waals surface area contributed by atoms with E-state index in [0.29, 0.717) is 24.4 Å². The van der Waals surface area contributed by atoms with Gasteiger partial charge < -0.3 is 25.4 Å². The molecule has 0 saturated carbocycles. The number of hydrogen-bond donors (Lipinski definition) is 3. The summed E-state index contributed by atoms with van der Waals surface area (Å²) in [6.07, 6.45) is 0.919. The Bertz CT molecular complexity index is 1400. The molecule has 3 amide bonds. The standard InChI is InChI=1S/C37H49N3O5/c1-25(2)16-17-27(4)40(33(30-15-11-12-26(3)22-30)34(42)38-24-29-13-9-8-10-14-29)35(43)32(39-36(44)45-37(5,6)7)23-28-18-20-31(41)21-19-28/h8-15,18-22,25,27,32-33,41H,16-17,23-24H2,1-7H3,(H,38,42)(H,39,44). The van der Waals surface area contributed by atoms with E-state index in [-0.39, 0.29) is 24.1 Å². The van der Waals surface area contributed by atoms with E-state index in [9.17, 15) is 19.5 Å². The van der Waals surface area contributed by atoms with Gasteiger partial charge in [-0.15, -0.1) is 0 Å². The number of carbonyl (C=O) groups is 3. The molecule has 3 atom stereocenters.